The van der Waals surface area contributed by atoms with Gasteiger partial charge >= 0.3 is 0 Å². The second-order valence-corrected chi connectivity index (χ2v) is 7.73. The lowest BCUT2D eigenvalue weighted by molar-refractivity contribution is -0.384. The summed E-state index contributed by atoms with van der Waals surface area (Å²) in [4.78, 5) is 27.6. The molecular formula is C27H19N3O6. The van der Waals surface area contributed by atoms with Gasteiger partial charge in [-0.3, -0.25) is 14.9 Å². The predicted molar refractivity (Wildman–Crippen MR) is 134 cm³/mol. The minimum absolute atomic E-state index is 0.0545. The molecule has 9 heteroatoms. The number of amides is 1. The summed E-state index contributed by atoms with van der Waals surface area (Å²) in [5.74, 6) is 1.53. The Balaban J connectivity index is 1.25. The van der Waals surface area contributed by atoms with Crippen LogP contribution in [-0.4, -0.2) is 22.9 Å². The van der Waals surface area contributed by atoms with E-state index in [4.69, 9.17) is 13.6 Å². The molecule has 0 saturated carbocycles. The first-order chi connectivity index (χ1) is 17.5. The number of oxazole rings is 1. The van der Waals surface area contributed by atoms with Crippen molar-refractivity contribution < 1.29 is 23.3 Å². The summed E-state index contributed by atoms with van der Waals surface area (Å²) in [6.07, 6.45) is 2.82. The molecule has 5 rings (SSSR count). The first-order valence-electron chi connectivity index (χ1n) is 10.9. The lowest BCUT2D eigenvalue weighted by atomic mass is 10.1. The molecule has 36 heavy (non-hydrogen) atoms. The summed E-state index contributed by atoms with van der Waals surface area (Å²) in [7, 11) is 1.59. The molecule has 2 heterocycles. The highest BCUT2D eigenvalue weighted by atomic mass is 16.6. The maximum absolute atomic E-state index is 12.4. The number of benzene rings is 3. The number of carbonyl (C=O) groups excluding carboxylic acids is 1. The second kappa shape index (κ2) is 9.59. The molecule has 178 valence electrons. The Morgan fingerprint density at radius 2 is 1.83 bits per heavy atom. The molecule has 0 aliphatic carbocycles. The number of nitro benzene ring substituents is 1. The standard InChI is InChI=1S/C27H19N3O6/c1-34-20-11-14-25-22(16-20)29-27(36-25)17-6-8-18(9-7-17)28-26(31)15-12-19-10-13-24(35-19)21-4-2-3-5-23(21)30(32)33/h2-16H,1H3,(H,28,31)/b15-12+. The number of furan rings is 1. The highest BCUT2D eigenvalue weighted by molar-refractivity contribution is 6.01. The third-order valence-corrected chi connectivity index (χ3v) is 5.39. The van der Waals surface area contributed by atoms with Gasteiger partial charge in [-0.15, -0.1) is 0 Å². The topological polar surface area (TPSA) is 121 Å². The van der Waals surface area contributed by atoms with E-state index in [2.05, 4.69) is 10.3 Å². The number of rotatable bonds is 7. The van der Waals surface area contributed by atoms with Crippen molar-refractivity contribution in [1.29, 1.82) is 0 Å². The molecule has 9 nitrogen and oxygen atoms in total. The van der Waals surface area contributed by atoms with Crippen LogP contribution in [0, 0.1) is 10.1 Å². The molecule has 1 N–H and O–H groups in total. The normalized spacial score (nSPS) is 11.1. The molecule has 0 aliphatic rings. The van der Waals surface area contributed by atoms with Crippen molar-refractivity contribution in [2.45, 2.75) is 0 Å². The van der Waals surface area contributed by atoms with Crippen LogP contribution in [0.3, 0.4) is 0 Å². The number of nitro groups is 1. The Morgan fingerprint density at radius 3 is 2.61 bits per heavy atom. The van der Waals surface area contributed by atoms with Gasteiger partial charge in [0.2, 0.25) is 11.8 Å². The molecule has 0 unspecified atom stereocenters. The molecule has 0 fully saturated rings. The molecule has 3 aromatic carbocycles. The number of methoxy groups -OCH3 is 1. The summed E-state index contributed by atoms with van der Waals surface area (Å²) in [6, 6.07) is 22.1. The van der Waals surface area contributed by atoms with E-state index in [9.17, 15) is 14.9 Å². The number of ether oxygens (including phenoxy) is 1. The summed E-state index contributed by atoms with van der Waals surface area (Å²) >= 11 is 0. The third kappa shape index (κ3) is 4.71. The van der Waals surface area contributed by atoms with Crippen molar-refractivity contribution in [3.63, 3.8) is 0 Å². The number of hydrogen-bond donors (Lipinski definition) is 1. The van der Waals surface area contributed by atoms with Crippen LogP contribution < -0.4 is 10.1 Å². The number of anilines is 1. The minimum atomic E-state index is -0.465. The number of nitrogens with one attached hydrogen (secondary N) is 1. The van der Waals surface area contributed by atoms with E-state index in [1.807, 2.05) is 0 Å². The average molecular weight is 481 g/mol. The van der Waals surface area contributed by atoms with Crippen molar-refractivity contribution in [2.24, 2.45) is 0 Å². The largest absolute Gasteiger partial charge is 0.497 e. The Kier molecular flexibility index (Phi) is 6.02. The first kappa shape index (κ1) is 22.6. The predicted octanol–water partition coefficient (Wildman–Crippen LogP) is 6.32. The van der Waals surface area contributed by atoms with E-state index in [-0.39, 0.29) is 11.6 Å². The van der Waals surface area contributed by atoms with Crippen LogP contribution in [0.2, 0.25) is 0 Å². The van der Waals surface area contributed by atoms with Crippen molar-refractivity contribution in [1.82, 2.24) is 4.98 Å². The fourth-order valence-electron chi connectivity index (χ4n) is 3.62. The van der Waals surface area contributed by atoms with Gasteiger partial charge in [0.1, 0.15) is 22.8 Å². The molecule has 0 radical (unpaired) electrons. The lowest BCUT2D eigenvalue weighted by Gasteiger charge is -2.02. The van der Waals surface area contributed by atoms with Crippen LogP contribution in [0.4, 0.5) is 11.4 Å². The number of carbonyl (C=O) groups is 1. The van der Waals surface area contributed by atoms with E-state index < -0.39 is 4.92 Å². The maximum Gasteiger partial charge on any atom is 0.280 e. The number of fused-ring (bicyclic) bond motifs is 1. The van der Waals surface area contributed by atoms with E-state index in [1.54, 1.807) is 79.9 Å². The van der Waals surface area contributed by atoms with Gasteiger partial charge in [0.05, 0.1) is 17.6 Å². The molecule has 5 aromatic rings. The average Bonchev–Trinajstić information content (AvgIpc) is 3.54. The fourth-order valence-corrected chi connectivity index (χ4v) is 3.62. The smallest absolute Gasteiger partial charge is 0.280 e. The lowest BCUT2D eigenvalue weighted by Crippen LogP contribution is -2.07. The van der Waals surface area contributed by atoms with Gasteiger partial charge in [0.15, 0.2) is 5.58 Å². The van der Waals surface area contributed by atoms with Crippen molar-refractivity contribution >= 4 is 34.5 Å². The summed E-state index contributed by atoms with van der Waals surface area (Å²) in [6.45, 7) is 0. The van der Waals surface area contributed by atoms with Crippen LogP contribution >= 0.6 is 0 Å². The van der Waals surface area contributed by atoms with Crippen LogP contribution in [-0.2, 0) is 4.79 Å². The Morgan fingerprint density at radius 1 is 1.03 bits per heavy atom. The van der Waals surface area contributed by atoms with Gasteiger partial charge < -0.3 is 18.9 Å². The third-order valence-electron chi connectivity index (χ3n) is 5.39. The summed E-state index contributed by atoms with van der Waals surface area (Å²) < 4.78 is 16.7. The summed E-state index contributed by atoms with van der Waals surface area (Å²) in [5, 5.41) is 14.0. The molecule has 0 atom stereocenters. The summed E-state index contributed by atoms with van der Waals surface area (Å²) in [5.41, 5.74) is 3.00. The molecule has 0 saturated heterocycles. The zero-order valence-electron chi connectivity index (χ0n) is 19.0. The van der Waals surface area contributed by atoms with Crippen LogP contribution in [0.5, 0.6) is 5.75 Å². The van der Waals surface area contributed by atoms with E-state index in [1.165, 1.54) is 18.2 Å². The van der Waals surface area contributed by atoms with E-state index in [0.717, 1.165) is 5.56 Å². The maximum atomic E-state index is 12.4. The molecule has 0 bridgehead atoms. The van der Waals surface area contributed by atoms with Crippen molar-refractivity contribution in [3.8, 4) is 28.5 Å². The fraction of sp³-hybridized carbons (Fsp3) is 0.0370. The highest BCUT2D eigenvalue weighted by Crippen LogP contribution is 2.31. The zero-order valence-corrected chi connectivity index (χ0v) is 19.0. The number of aromatic nitrogens is 1. The van der Waals surface area contributed by atoms with Gasteiger partial charge in [-0.25, -0.2) is 4.98 Å². The first-order valence-corrected chi connectivity index (χ1v) is 10.9. The van der Waals surface area contributed by atoms with E-state index >= 15 is 0 Å². The van der Waals surface area contributed by atoms with Crippen molar-refractivity contribution in [3.05, 3.63) is 101 Å². The molecular weight excluding hydrogens is 462 g/mol. The van der Waals surface area contributed by atoms with Crippen LogP contribution in [0.25, 0.3) is 40.0 Å². The Labute approximate surface area is 204 Å². The molecule has 0 spiro atoms. The SMILES string of the molecule is COc1ccc2oc(-c3ccc(NC(=O)/C=C/c4ccc(-c5ccccc5[N+](=O)[O-])o4)cc3)nc2c1. The monoisotopic (exact) mass is 481 g/mol. The minimum Gasteiger partial charge on any atom is -0.497 e. The Bertz CT molecular complexity index is 1600. The second-order valence-electron chi connectivity index (χ2n) is 7.73. The Hall–Kier alpha value is -5.18. The quantitative estimate of drug-likeness (QED) is 0.164. The van der Waals surface area contributed by atoms with Gasteiger partial charge in [0, 0.05) is 29.5 Å². The highest BCUT2D eigenvalue weighted by Gasteiger charge is 2.17. The van der Waals surface area contributed by atoms with Crippen LogP contribution in [0.1, 0.15) is 5.76 Å². The molecule has 0 aliphatic heterocycles. The molecule has 1 amide bonds. The molecule has 2 aromatic heterocycles. The van der Waals surface area contributed by atoms with Gasteiger partial charge in [-0.05, 0) is 60.7 Å². The van der Waals surface area contributed by atoms with Gasteiger partial charge in [0.25, 0.3) is 5.69 Å². The number of nitrogens with zero attached hydrogens (tertiary/aromatic N) is 2. The van der Waals surface area contributed by atoms with Gasteiger partial charge in [-0.1, -0.05) is 12.1 Å². The number of hydrogen-bond acceptors (Lipinski definition) is 7. The van der Waals surface area contributed by atoms with Crippen LogP contribution in [0.15, 0.2) is 93.8 Å². The van der Waals surface area contributed by atoms with Gasteiger partial charge in [-0.2, -0.15) is 0 Å². The zero-order chi connectivity index (χ0) is 25.1. The van der Waals surface area contributed by atoms with Crippen molar-refractivity contribution in [2.75, 3.05) is 12.4 Å². The number of para-hydroxylation sites is 1. The van der Waals surface area contributed by atoms with E-state index in [0.29, 0.717) is 45.5 Å².